The molecule has 0 aliphatic carbocycles. The molecular weight excluding hydrogens is 472 g/mol. The summed E-state index contributed by atoms with van der Waals surface area (Å²) in [4.78, 5) is 24.2. The summed E-state index contributed by atoms with van der Waals surface area (Å²) < 4.78 is 7.89. The van der Waals surface area contributed by atoms with Crippen LogP contribution in [0.4, 0.5) is 0 Å². The molecule has 0 radical (unpaired) electrons. The van der Waals surface area contributed by atoms with Crippen LogP contribution in [0, 0.1) is 5.92 Å². The van der Waals surface area contributed by atoms with E-state index in [0.717, 1.165) is 52.3 Å². The smallest absolute Gasteiger partial charge is 0.219 e. The van der Waals surface area contributed by atoms with Gasteiger partial charge in [0.1, 0.15) is 5.82 Å². The van der Waals surface area contributed by atoms with Crippen LogP contribution < -0.4 is 4.74 Å². The molecule has 0 bridgehead atoms. The lowest BCUT2D eigenvalue weighted by Crippen LogP contribution is -2.28. The zero-order valence-corrected chi connectivity index (χ0v) is 21.4. The molecule has 3 atom stereocenters. The summed E-state index contributed by atoms with van der Waals surface area (Å²) in [6.45, 7) is 3.14. The molecule has 2 aliphatic rings. The topological polar surface area (TPSA) is 60.2 Å². The van der Waals surface area contributed by atoms with E-state index in [1.807, 2.05) is 29.2 Å². The molecule has 188 valence electrons. The van der Waals surface area contributed by atoms with Gasteiger partial charge in [-0.05, 0) is 29.3 Å². The Morgan fingerprint density at radius 2 is 1.63 bits per heavy atom. The van der Waals surface area contributed by atoms with Crippen LogP contribution >= 0.6 is 0 Å². The Morgan fingerprint density at radius 3 is 2.37 bits per heavy atom. The second-order valence-electron chi connectivity index (χ2n) is 10.2. The van der Waals surface area contributed by atoms with Gasteiger partial charge in [-0.2, -0.15) is 0 Å². The van der Waals surface area contributed by atoms with Gasteiger partial charge >= 0.3 is 0 Å². The van der Waals surface area contributed by atoms with Crippen molar-refractivity contribution in [3.63, 3.8) is 0 Å². The summed E-state index contributed by atoms with van der Waals surface area (Å²) in [5, 5.41) is 0. The second-order valence-corrected chi connectivity index (χ2v) is 10.2. The number of aromatic nitrogens is 3. The van der Waals surface area contributed by atoms with E-state index in [-0.39, 0.29) is 17.9 Å². The number of benzene rings is 3. The van der Waals surface area contributed by atoms with Crippen molar-refractivity contribution in [3.05, 3.63) is 102 Å². The van der Waals surface area contributed by atoms with E-state index in [0.29, 0.717) is 11.8 Å². The molecule has 2 aromatic heterocycles. The predicted octanol–water partition coefficient (Wildman–Crippen LogP) is 5.94. The summed E-state index contributed by atoms with van der Waals surface area (Å²) in [5.41, 5.74) is 7.42. The highest BCUT2D eigenvalue weighted by molar-refractivity contribution is 5.88. The van der Waals surface area contributed by atoms with Gasteiger partial charge in [0, 0.05) is 49.0 Å². The fraction of sp³-hybridized carbons (Fsp3) is 0.219. The van der Waals surface area contributed by atoms with Gasteiger partial charge in [0.05, 0.1) is 29.9 Å². The standard InChI is InChI=1S/C32H28N4O2/c1-20(37)35-18-25-26(19-35)32-33-27-15-13-23(17-28(27)36(32)31(25)22-11-7-4-8-12-22)24-14-16-29(38-2)34-30(24)21-9-5-3-6-10-21/h3-17,25-26,31H,18-19H2,1-2H3/t25-,26+,31-/m0/s1. The Kier molecular flexibility index (Phi) is 5.28. The van der Waals surface area contributed by atoms with Crippen molar-refractivity contribution < 1.29 is 9.53 Å². The maximum atomic E-state index is 12.3. The Morgan fingerprint density at radius 1 is 0.868 bits per heavy atom. The van der Waals surface area contributed by atoms with E-state index in [4.69, 9.17) is 14.7 Å². The van der Waals surface area contributed by atoms with Crippen LogP contribution in [0.2, 0.25) is 0 Å². The normalized spacial score (nSPS) is 19.9. The lowest BCUT2D eigenvalue weighted by molar-refractivity contribution is -0.128. The molecule has 0 unspecified atom stereocenters. The van der Waals surface area contributed by atoms with Crippen molar-refractivity contribution in [1.29, 1.82) is 0 Å². The number of carbonyl (C=O) groups excluding carboxylic acids is 1. The number of likely N-dealkylation sites (tertiary alicyclic amines) is 1. The van der Waals surface area contributed by atoms with Gasteiger partial charge in [-0.25, -0.2) is 9.97 Å². The molecule has 0 saturated carbocycles. The van der Waals surface area contributed by atoms with E-state index < -0.39 is 0 Å². The first-order valence-electron chi connectivity index (χ1n) is 13.1. The number of ether oxygens (including phenoxy) is 1. The van der Waals surface area contributed by atoms with Gasteiger partial charge < -0.3 is 14.2 Å². The van der Waals surface area contributed by atoms with Crippen molar-refractivity contribution in [1.82, 2.24) is 19.4 Å². The summed E-state index contributed by atoms with van der Waals surface area (Å²) in [6, 6.07) is 31.5. The number of imidazole rings is 1. The van der Waals surface area contributed by atoms with Gasteiger partial charge in [0.2, 0.25) is 11.8 Å². The lowest BCUT2D eigenvalue weighted by Gasteiger charge is -2.23. The predicted molar refractivity (Wildman–Crippen MR) is 148 cm³/mol. The van der Waals surface area contributed by atoms with Crippen LogP contribution in [-0.4, -0.2) is 45.5 Å². The minimum absolute atomic E-state index is 0.128. The summed E-state index contributed by atoms with van der Waals surface area (Å²) in [5.74, 6) is 2.33. The highest BCUT2D eigenvalue weighted by Crippen LogP contribution is 2.50. The first-order chi connectivity index (χ1) is 18.6. The van der Waals surface area contributed by atoms with Gasteiger partial charge in [0.25, 0.3) is 0 Å². The van der Waals surface area contributed by atoms with E-state index in [1.54, 1.807) is 14.0 Å². The number of hydrogen-bond donors (Lipinski definition) is 0. The molecule has 4 heterocycles. The molecule has 2 aliphatic heterocycles. The van der Waals surface area contributed by atoms with Gasteiger partial charge in [-0.15, -0.1) is 0 Å². The highest BCUT2D eigenvalue weighted by Gasteiger charge is 2.49. The molecule has 0 N–H and O–H groups in total. The lowest BCUT2D eigenvalue weighted by atomic mass is 9.88. The van der Waals surface area contributed by atoms with Crippen molar-refractivity contribution in [3.8, 4) is 28.3 Å². The second kappa shape index (κ2) is 8.84. The minimum Gasteiger partial charge on any atom is -0.481 e. The first kappa shape index (κ1) is 22.7. The zero-order valence-electron chi connectivity index (χ0n) is 21.4. The number of pyridine rings is 1. The van der Waals surface area contributed by atoms with Crippen molar-refractivity contribution in [2.75, 3.05) is 20.2 Å². The number of methoxy groups -OCH3 is 1. The molecular formula is C32H28N4O2. The third-order valence-corrected chi connectivity index (χ3v) is 8.12. The van der Waals surface area contributed by atoms with Gasteiger partial charge in [0.15, 0.2) is 0 Å². The van der Waals surface area contributed by atoms with E-state index in [2.05, 4.69) is 71.3 Å². The highest BCUT2D eigenvalue weighted by atomic mass is 16.5. The number of fused-ring (bicyclic) bond motifs is 5. The van der Waals surface area contributed by atoms with Gasteiger partial charge in [-0.3, -0.25) is 4.79 Å². The average Bonchev–Trinajstić information content (AvgIpc) is 3.63. The molecule has 1 saturated heterocycles. The molecule has 1 amide bonds. The van der Waals surface area contributed by atoms with Crippen molar-refractivity contribution in [2.24, 2.45) is 5.92 Å². The number of nitrogens with zero attached hydrogens (tertiary/aromatic N) is 4. The molecule has 0 spiro atoms. The molecule has 38 heavy (non-hydrogen) atoms. The quantitative estimate of drug-likeness (QED) is 0.307. The third kappa shape index (κ3) is 3.51. The zero-order chi connectivity index (χ0) is 25.8. The van der Waals surface area contributed by atoms with Crippen LogP contribution in [0.5, 0.6) is 5.88 Å². The molecule has 3 aromatic carbocycles. The van der Waals surface area contributed by atoms with Crippen LogP contribution in [-0.2, 0) is 4.79 Å². The Hall–Kier alpha value is -4.45. The number of carbonyl (C=O) groups is 1. The first-order valence-corrected chi connectivity index (χ1v) is 13.1. The fourth-order valence-electron chi connectivity index (χ4n) is 6.35. The maximum Gasteiger partial charge on any atom is 0.219 e. The average molecular weight is 501 g/mol. The fourth-order valence-corrected chi connectivity index (χ4v) is 6.35. The van der Waals surface area contributed by atoms with Crippen LogP contribution in [0.3, 0.4) is 0 Å². The largest absolute Gasteiger partial charge is 0.481 e. The number of rotatable bonds is 4. The van der Waals surface area contributed by atoms with Gasteiger partial charge in [-0.1, -0.05) is 66.7 Å². The summed E-state index contributed by atoms with van der Waals surface area (Å²) in [7, 11) is 1.65. The minimum atomic E-state index is 0.128. The third-order valence-electron chi connectivity index (χ3n) is 8.12. The maximum absolute atomic E-state index is 12.3. The summed E-state index contributed by atoms with van der Waals surface area (Å²) in [6.07, 6.45) is 0. The van der Waals surface area contributed by atoms with Crippen molar-refractivity contribution >= 4 is 16.9 Å². The SMILES string of the molecule is COc1ccc(-c2ccc3nc4n(c3c2)[C@@H](c2ccccc2)[C@H]2CN(C(C)=O)C[C@@H]42)c(-c2ccccc2)n1. The van der Waals surface area contributed by atoms with Crippen LogP contribution in [0.25, 0.3) is 33.4 Å². The Balaban J connectivity index is 1.41. The van der Waals surface area contributed by atoms with E-state index in [9.17, 15) is 4.79 Å². The van der Waals surface area contributed by atoms with E-state index in [1.165, 1.54) is 5.56 Å². The molecule has 7 rings (SSSR count). The van der Waals surface area contributed by atoms with Crippen LogP contribution in [0.1, 0.15) is 30.3 Å². The Bertz CT molecular complexity index is 1660. The molecule has 5 aromatic rings. The summed E-state index contributed by atoms with van der Waals surface area (Å²) >= 11 is 0. The number of amides is 1. The molecule has 6 nitrogen and oxygen atoms in total. The Labute approximate surface area is 221 Å². The molecule has 1 fully saturated rings. The van der Waals surface area contributed by atoms with E-state index >= 15 is 0 Å². The number of hydrogen-bond acceptors (Lipinski definition) is 4. The van der Waals surface area contributed by atoms with Crippen LogP contribution in [0.15, 0.2) is 91.0 Å². The van der Waals surface area contributed by atoms with Crippen molar-refractivity contribution in [2.45, 2.75) is 18.9 Å². The monoisotopic (exact) mass is 500 g/mol. The molecule has 6 heteroatoms.